The molecule has 0 spiro atoms. The number of hydrogen-bond donors (Lipinski definition) is 2. The molecule has 0 aromatic carbocycles. The van der Waals surface area contributed by atoms with Gasteiger partial charge in [-0.25, -0.2) is 0 Å². The lowest BCUT2D eigenvalue weighted by molar-refractivity contribution is 0.315. The molecule has 12 heavy (non-hydrogen) atoms. The van der Waals surface area contributed by atoms with Crippen LogP contribution < -0.4 is 0 Å². The highest BCUT2D eigenvalue weighted by Gasteiger charge is 2.21. The van der Waals surface area contributed by atoms with E-state index in [1.165, 1.54) is 0 Å². The molecule has 0 saturated heterocycles. The van der Waals surface area contributed by atoms with Gasteiger partial charge in [0.2, 0.25) is 0 Å². The number of rotatable bonds is 7. The standard InChI is InChI=1S/C9H17O2P/c1-3-9(4-2)12(7-5-10)8-6-11/h3-4,9-11H,1-2,5-8H2/p+1. The van der Waals surface area contributed by atoms with Crippen molar-refractivity contribution in [2.45, 2.75) is 5.66 Å². The van der Waals surface area contributed by atoms with E-state index in [4.69, 9.17) is 10.2 Å². The maximum absolute atomic E-state index is 8.78. The Morgan fingerprint density at radius 2 is 1.50 bits per heavy atom. The second-order valence-corrected chi connectivity index (χ2v) is 5.59. The smallest absolute Gasteiger partial charge is 0.103 e. The van der Waals surface area contributed by atoms with Crippen LogP contribution in [-0.4, -0.2) is 41.4 Å². The zero-order valence-electron chi connectivity index (χ0n) is 7.37. The molecule has 0 aliphatic heterocycles. The van der Waals surface area contributed by atoms with E-state index < -0.39 is 7.92 Å². The van der Waals surface area contributed by atoms with Gasteiger partial charge >= 0.3 is 0 Å². The maximum atomic E-state index is 8.78. The lowest BCUT2D eigenvalue weighted by atomic mass is 10.4. The highest BCUT2D eigenvalue weighted by molar-refractivity contribution is 7.58. The molecule has 0 rings (SSSR count). The minimum absolute atomic E-state index is 0.201. The lowest BCUT2D eigenvalue weighted by Crippen LogP contribution is -2.08. The molecule has 0 atom stereocenters. The van der Waals surface area contributed by atoms with Crippen molar-refractivity contribution in [1.82, 2.24) is 0 Å². The van der Waals surface area contributed by atoms with Crippen LogP contribution in [0.4, 0.5) is 0 Å². The van der Waals surface area contributed by atoms with Crippen molar-refractivity contribution in [3.05, 3.63) is 25.3 Å². The van der Waals surface area contributed by atoms with E-state index in [2.05, 4.69) is 13.2 Å². The van der Waals surface area contributed by atoms with Crippen molar-refractivity contribution >= 4 is 7.92 Å². The fraction of sp³-hybridized carbons (Fsp3) is 0.556. The Hall–Kier alpha value is -0.170. The molecule has 0 aromatic heterocycles. The molecule has 3 heteroatoms. The van der Waals surface area contributed by atoms with Gasteiger partial charge in [-0.1, -0.05) is 13.2 Å². The SMILES string of the molecule is C=CC(C=C)[PH+](CCO)CCO. The van der Waals surface area contributed by atoms with Gasteiger partial charge in [0.25, 0.3) is 0 Å². The summed E-state index contributed by atoms with van der Waals surface area (Å²) in [5.41, 5.74) is 0.300. The summed E-state index contributed by atoms with van der Waals surface area (Å²) in [7, 11) is -0.723. The normalized spacial score (nSPS) is 10.7. The van der Waals surface area contributed by atoms with Crippen LogP contribution in [0.25, 0.3) is 0 Å². The molecule has 2 nitrogen and oxygen atoms in total. The average Bonchev–Trinajstić information content (AvgIpc) is 2.07. The largest absolute Gasteiger partial charge is 0.393 e. The Balaban J connectivity index is 4.03. The van der Waals surface area contributed by atoms with E-state index in [0.717, 1.165) is 12.3 Å². The van der Waals surface area contributed by atoms with E-state index >= 15 is 0 Å². The van der Waals surface area contributed by atoms with Crippen LogP contribution in [0.2, 0.25) is 0 Å². The summed E-state index contributed by atoms with van der Waals surface area (Å²) in [6.45, 7) is 7.82. The predicted molar refractivity (Wildman–Crippen MR) is 56.4 cm³/mol. The summed E-state index contributed by atoms with van der Waals surface area (Å²) in [4.78, 5) is 0. The van der Waals surface area contributed by atoms with E-state index in [9.17, 15) is 0 Å². The van der Waals surface area contributed by atoms with Gasteiger partial charge < -0.3 is 10.2 Å². The molecule has 0 aliphatic carbocycles. The van der Waals surface area contributed by atoms with Crippen LogP contribution in [0.15, 0.2) is 25.3 Å². The third-order valence-corrected chi connectivity index (χ3v) is 4.99. The van der Waals surface area contributed by atoms with Crippen molar-refractivity contribution < 1.29 is 10.2 Å². The van der Waals surface area contributed by atoms with Crippen molar-refractivity contribution in [1.29, 1.82) is 0 Å². The van der Waals surface area contributed by atoms with Gasteiger partial charge in [-0.3, -0.25) is 0 Å². The Bertz CT molecular complexity index is 122. The number of aliphatic hydroxyl groups excluding tert-OH is 2. The molecule has 0 bridgehead atoms. The summed E-state index contributed by atoms with van der Waals surface area (Å²) in [5, 5.41) is 17.6. The molecule has 70 valence electrons. The highest BCUT2D eigenvalue weighted by atomic mass is 31.1. The molecule has 0 saturated carbocycles. The second kappa shape index (κ2) is 7.48. The average molecular weight is 189 g/mol. The van der Waals surface area contributed by atoms with Crippen molar-refractivity contribution in [3.63, 3.8) is 0 Å². The van der Waals surface area contributed by atoms with Gasteiger partial charge in [0.1, 0.15) is 5.66 Å². The quantitative estimate of drug-likeness (QED) is 0.462. The van der Waals surface area contributed by atoms with Gasteiger partial charge in [0, 0.05) is 7.92 Å². The first-order valence-corrected chi connectivity index (χ1v) is 6.10. The van der Waals surface area contributed by atoms with Crippen molar-refractivity contribution in [3.8, 4) is 0 Å². The summed E-state index contributed by atoms with van der Waals surface area (Å²) in [6.07, 6.45) is 5.31. The second-order valence-electron chi connectivity index (χ2n) is 2.60. The molecule has 0 amide bonds. The van der Waals surface area contributed by atoms with Crippen LogP contribution in [0.3, 0.4) is 0 Å². The number of hydrogen-bond acceptors (Lipinski definition) is 2. The Morgan fingerprint density at radius 3 is 1.75 bits per heavy atom. The number of allylic oxidation sites excluding steroid dienone is 2. The monoisotopic (exact) mass is 189 g/mol. The van der Waals surface area contributed by atoms with Crippen molar-refractivity contribution in [2.75, 3.05) is 25.5 Å². The van der Waals surface area contributed by atoms with E-state index in [1.54, 1.807) is 0 Å². The number of aliphatic hydroxyl groups is 2. The summed E-state index contributed by atoms with van der Waals surface area (Å²) < 4.78 is 0. The zero-order valence-corrected chi connectivity index (χ0v) is 8.37. The van der Waals surface area contributed by atoms with Gasteiger partial charge in [0.05, 0.1) is 25.5 Å². The first-order valence-electron chi connectivity index (χ1n) is 4.11. The summed E-state index contributed by atoms with van der Waals surface area (Å²) in [6, 6.07) is 0. The summed E-state index contributed by atoms with van der Waals surface area (Å²) >= 11 is 0. The molecule has 0 radical (unpaired) electrons. The zero-order chi connectivity index (χ0) is 9.40. The molecular formula is C9H18O2P+. The summed E-state index contributed by atoms with van der Waals surface area (Å²) in [5.74, 6) is 0. The minimum atomic E-state index is -0.723. The topological polar surface area (TPSA) is 40.5 Å². The van der Waals surface area contributed by atoms with Crippen LogP contribution in [-0.2, 0) is 0 Å². The van der Waals surface area contributed by atoms with Crippen molar-refractivity contribution in [2.24, 2.45) is 0 Å². The Kier molecular flexibility index (Phi) is 7.37. The fourth-order valence-corrected chi connectivity index (χ4v) is 3.33. The highest BCUT2D eigenvalue weighted by Crippen LogP contribution is 2.41. The molecule has 0 fully saturated rings. The molecule has 0 aliphatic rings. The molecule has 2 N–H and O–H groups in total. The Morgan fingerprint density at radius 1 is 1.08 bits per heavy atom. The maximum Gasteiger partial charge on any atom is 0.103 e. The van der Waals surface area contributed by atoms with E-state index in [-0.39, 0.29) is 13.2 Å². The van der Waals surface area contributed by atoms with Crippen LogP contribution in [0, 0.1) is 0 Å². The van der Waals surface area contributed by atoms with E-state index in [0.29, 0.717) is 5.66 Å². The van der Waals surface area contributed by atoms with Gasteiger partial charge in [0.15, 0.2) is 0 Å². The Labute approximate surface area is 75.4 Å². The molecule has 0 unspecified atom stereocenters. The van der Waals surface area contributed by atoms with Gasteiger partial charge in [-0.15, -0.1) is 0 Å². The third-order valence-electron chi connectivity index (χ3n) is 1.85. The minimum Gasteiger partial charge on any atom is -0.393 e. The van der Waals surface area contributed by atoms with Crippen LogP contribution in [0.1, 0.15) is 0 Å². The molecular weight excluding hydrogens is 171 g/mol. The first kappa shape index (κ1) is 11.8. The van der Waals surface area contributed by atoms with Crippen LogP contribution >= 0.6 is 7.92 Å². The predicted octanol–water partition coefficient (Wildman–Crippen LogP) is 0.926. The van der Waals surface area contributed by atoms with Gasteiger partial charge in [-0.2, -0.15) is 0 Å². The molecule has 0 aromatic rings. The van der Waals surface area contributed by atoms with E-state index in [1.807, 2.05) is 12.2 Å². The third kappa shape index (κ3) is 4.01. The van der Waals surface area contributed by atoms with Gasteiger partial charge in [-0.05, 0) is 12.2 Å². The lowest BCUT2D eigenvalue weighted by Gasteiger charge is -2.12. The van der Waals surface area contributed by atoms with Crippen LogP contribution in [0.5, 0.6) is 0 Å². The first-order chi connectivity index (χ1) is 5.79. The molecule has 0 heterocycles. The fourth-order valence-electron chi connectivity index (χ4n) is 1.18.